The SMILES string of the molecule is CCCCCNC(=O)C(=O)NC(C)(C)C. The smallest absolute Gasteiger partial charge is 0.309 e. The summed E-state index contributed by atoms with van der Waals surface area (Å²) in [6.45, 7) is 8.19. The van der Waals surface area contributed by atoms with Crippen LogP contribution in [0.25, 0.3) is 0 Å². The van der Waals surface area contributed by atoms with E-state index >= 15 is 0 Å². The largest absolute Gasteiger partial charge is 0.348 e. The molecule has 0 heterocycles. The third-order valence-electron chi connectivity index (χ3n) is 1.76. The molecule has 0 bridgehead atoms. The van der Waals surface area contributed by atoms with Crippen LogP contribution in [-0.4, -0.2) is 23.9 Å². The molecule has 0 aliphatic carbocycles. The summed E-state index contributed by atoms with van der Waals surface area (Å²) in [6.07, 6.45) is 3.09. The summed E-state index contributed by atoms with van der Waals surface area (Å²) >= 11 is 0. The van der Waals surface area contributed by atoms with Crippen LogP contribution in [0.2, 0.25) is 0 Å². The lowest BCUT2D eigenvalue weighted by Gasteiger charge is -2.19. The maximum absolute atomic E-state index is 11.3. The van der Waals surface area contributed by atoms with Gasteiger partial charge < -0.3 is 10.6 Å². The number of carbonyl (C=O) groups excluding carboxylic acids is 2. The average molecular weight is 214 g/mol. The molecule has 15 heavy (non-hydrogen) atoms. The summed E-state index contributed by atoms with van der Waals surface area (Å²) < 4.78 is 0. The standard InChI is InChI=1S/C11H22N2O2/c1-5-6-7-8-12-9(14)10(15)13-11(2,3)4/h5-8H2,1-4H3,(H,12,14)(H,13,15). The summed E-state index contributed by atoms with van der Waals surface area (Å²) in [5.41, 5.74) is -0.363. The van der Waals surface area contributed by atoms with Crippen molar-refractivity contribution in [3.63, 3.8) is 0 Å². The Morgan fingerprint density at radius 1 is 1.07 bits per heavy atom. The molecule has 4 nitrogen and oxygen atoms in total. The monoisotopic (exact) mass is 214 g/mol. The fourth-order valence-corrected chi connectivity index (χ4v) is 1.05. The molecule has 0 atom stereocenters. The van der Waals surface area contributed by atoms with E-state index in [1.807, 2.05) is 20.8 Å². The van der Waals surface area contributed by atoms with Gasteiger partial charge in [0, 0.05) is 12.1 Å². The fraction of sp³-hybridized carbons (Fsp3) is 0.818. The molecular weight excluding hydrogens is 192 g/mol. The molecule has 0 aliphatic heterocycles. The van der Waals surface area contributed by atoms with Crippen LogP contribution in [0.15, 0.2) is 0 Å². The number of hydrogen-bond donors (Lipinski definition) is 2. The normalized spacial score (nSPS) is 10.9. The van der Waals surface area contributed by atoms with Crippen LogP contribution in [0.4, 0.5) is 0 Å². The van der Waals surface area contributed by atoms with Crippen LogP contribution in [-0.2, 0) is 9.59 Å². The van der Waals surface area contributed by atoms with E-state index in [1.54, 1.807) is 0 Å². The maximum Gasteiger partial charge on any atom is 0.309 e. The van der Waals surface area contributed by atoms with Crippen molar-refractivity contribution in [3.05, 3.63) is 0 Å². The lowest BCUT2D eigenvalue weighted by Crippen LogP contribution is -2.48. The molecule has 0 aromatic rings. The van der Waals surface area contributed by atoms with Gasteiger partial charge in [0.1, 0.15) is 0 Å². The molecule has 0 aliphatic rings. The Bertz CT molecular complexity index is 219. The molecule has 0 spiro atoms. The minimum atomic E-state index is -0.556. The van der Waals surface area contributed by atoms with Gasteiger partial charge in [-0.1, -0.05) is 19.8 Å². The van der Waals surface area contributed by atoms with Crippen LogP contribution in [0.3, 0.4) is 0 Å². The molecule has 0 rings (SSSR count). The van der Waals surface area contributed by atoms with Crippen molar-refractivity contribution in [1.29, 1.82) is 0 Å². The first-order valence-corrected chi connectivity index (χ1v) is 5.47. The third-order valence-corrected chi connectivity index (χ3v) is 1.76. The topological polar surface area (TPSA) is 58.2 Å². The van der Waals surface area contributed by atoms with E-state index in [2.05, 4.69) is 17.6 Å². The number of unbranched alkanes of at least 4 members (excludes halogenated alkanes) is 2. The summed E-state index contributed by atoms with van der Waals surface area (Å²) in [4.78, 5) is 22.6. The Balaban J connectivity index is 3.76. The molecule has 0 unspecified atom stereocenters. The highest BCUT2D eigenvalue weighted by atomic mass is 16.2. The van der Waals surface area contributed by atoms with Crippen molar-refractivity contribution in [2.24, 2.45) is 0 Å². The number of amides is 2. The van der Waals surface area contributed by atoms with Crippen molar-refractivity contribution in [2.45, 2.75) is 52.5 Å². The van der Waals surface area contributed by atoms with Crippen molar-refractivity contribution < 1.29 is 9.59 Å². The summed E-state index contributed by atoms with van der Waals surface area (Å²) in [7, 11) is 0. The predicted octanol–water partition coefficient (Wildman–Crippen LogP) is 1.21. The average Bonchev–Trinajstić information content (AvgIpc) is 2.09. The van der Waals surface area contributed by atoms with Crippen molar-refractivity contribution in [1.82, 2.24) is 10.6 Å². The van der Waals surface area contributed by atoms with E-state index < -0.39 is 11.8 Å². The predicted molar refractivity (Wildman–Crippen MR) is 60.4 cm³/mol. The van der Waals surface area contributed by atoms with Gasteiger partial charge in [0.2, 0.25) is 0 Å². The van der Waals surface area contributed by atoms with Crippen LogP contribution in [0.5, 0.6) is 0 Å². The molecule has 0 saturated heterocycles. The van der Waals surface area contributed by atoms with Gasteiger partial charge in [-0.3, -0.25) is 9.59 Å². The first kappa shape index (κ1) is 13.9. The van der Waals surface area contributed by atoms with Crippen molar-refractivity contribution in [2.75, 3.05) is 6.54 Å². The lowest BCUT2D eigenvalue weighted by atomic mass is 10.1. The highest BCUT2D eigenvalue weighted by Crippen LogP contribution is 1.97. The van der Waals surface area contributed by atoms with Crippen molar-refractivity contribution >= 4 is 11.8 Å². The number of hydrogen-bond acceptors (Lipinski definition) is 2. The van der Waals surface area contributed by atoms with Gasteiger partial charge in [-0.05, 0) is 27.2 Å². The van der Waals surface area contributed by atoms with E-state index in [1.165, 1.54) is 0 Å². The van der Waals surface area contributed by atoms with E-state index in [0.29, 0.717) is 6.54 Å². The molecule has 0 radical (unpaired) electrons. The second-order valence-corrected chi connectivity index (χ2v) is 4.67. The summed E-state index contributed by atoms with van der Waals surface area (Å²) in [5, 5.41) is 5.20. The molecule has 88 valence electrons. The Hall–Kier alpha value is -1.06. The van der Waals surface area contributed by atoms with Gasteiger partial charge >= 0.3 is 11.8 Å². The van der Waals surface area contributed by atoms with Gasteiger partial charge in [0.15, 0.2) is 0 Å². The number of rotatable bonds is 4. The third kappa shape index (κ3) is 7.97. The Morgan fingerprint density at radius 2 is 1.67 bits per heavy atom. The van der Waals surface area contributed by atoms with Crippen LogP contribution >= 0.6 is 0 Å². The quantitative estimate of drug-likeness (QED) is 0.546. The highest BCUT2D eigenvalue weighted by Gasteiger charge is 2.19. The minimum absolute atomic E-state index is 0.363. The maximum atomic E-state index is 11.3. The molecular formula is C11H22N2O2. The van der Waals surface area contributed by atoms with E-state index in [9.17, 15) is 9.59 Å². The first-order chi connectivity index (χ1) is 6.87. The molecule has 0 aromatic heterocycles. The second kappa shape index (κ2) is 6.43. The number of carbonyl (C=O) groups is 2. The lowest BCUT2D eigenvalue weighted by molar-refractivity contribution is -0.140. The van der Waals surface area contributed by atoms with Crippen LogP contribution in [0, 0.1) is 0 Å². The minimum Gasteiger partial charge on any atom is -0.348 e. The van der Waals surface area contributed by atoms with Gasteiger partial charge in [0.25, 0.3) is 0 Å². The van der Waals surface area contributed by atoms with E-state index in [4.69, 9.17) is 0 Å². The molecule has 0 saturated carbocycles. The molecule has 0 aromatic carbocycles. The number of nitrogens with one attached hydrogen (secondary N) is 2. The van der Waals surface area contributed by atoms with Crippen LogP contribution < -0.4 is 10.6 Å². The zero-order valence-corrected chi connectivity index (χ0v) is 10.1. The molecule has 2 N–H and O–H groups in total. The van der Waals surface area contributed by atoms with Crippen LogP contribution in [0.1, 0.15) is 47.0 Å². The van der Waals surface area contributed by atoms with E-state index in [0.717, 1.165) is 19.3 Å². The zero-order chi connectivity index (χ0) is 11.9. The molecule has 0 fully saturated rings. The Kier molecular flexibility index (Phi) is 5.97. The Morgan fingerprint density at radius 3 is 2.13 bits per heavy atom. The zero-order valence-electron chi connectivity index (χ0n) is 10.1. The van der Waals surface area contributed by atoms with Gasteiger partial charge in [-0.25, -0.2) is 0 Å². The fourth-order valence-electron chi connectivity index (χ4n) is 1.05. The first-order valence-electron chi connectivity index (χ1n) is 5.47. The summed E-state index contributed by atoms with van der Waals surface area (Å²) in [5.74, 6) is -1.10. The van der Waals surface area contributed by atoms with Crippen molar-refractivity contribution in [3.8, 4) is 0 Å². The van der Waals surface area contributed by atoms with Gasteiger partial charge in [-0.2, -0.15) is 0 Å². The second-order valence-electron chi connectivity index (χ2n) is 4.67. The van der Waals surface area contributed by atoms with Gasteiger partial charge in [0.05, 0.1) is 0 Å². The molecule has 4 heteroatoms. The van der Waals surface area contributed by atoms with Gasteiger partial charge in [-0.15, -0.1) is 0 Å². The Labute approximate surface area is 91.8 Å². The summed E-state index contributed by atoms with van der Waals surface area (Å²) in [6, 6.07) is 0. The highest BCUT2D eigenvalue weighted by molar-refractivity contribution is 6.35. The molecule has 2 amide bonds. The van der Waals surface area contributed by atoms with E-state index in [-0.39, 0.29) is 5.54 Å².